The minimum atomic E-state index is -0.639. The van der Waals surface area contributed by atoms with Gasteiger partial charge >= 0.3 is 5.69 Å². The average Bonchev–Trinajstić information content (AvgIpc) is 2.60. The number of rotatable bonds is 6. The van der Waals surface area contributed by atoms with Gasteiger partial charge in [0.05, 0.1) is 4.92 Å². The molecule has 136 valence electrons. The summed E-state index contributed by atoms with van der Waals surface area (Å²) in [7, 11) is 3.29. The second kappa shape index (κ2) is 8.30. The molecular formula is C17H16ClN3O5. The minimum Gasteiger partial charge on any atom is -0.477 e. The predicted octanol–water partition coefficient (Wildman–Crippen LogP) is 2.97. The molecule has 2 amide bonds. The molecule has 0 saturated carbocycles. The van der Waals surface area contributed by atoms with Crippen LogP contribution in [0.1, 0.15) is 10.4 Å². The van der Waals surface area contributed by atoms with Gasteiger partial charge in [0.2, 0.25) is 0 Å². The van der Waals surface area contributed by atoms with Crippen molar-refractivity contribution in [2.45, 2.75) is 0 Å². The van der Waals surface area contributed by atoms with Gasteiger partial charge in [-0.3, -0.25) is 19.7 Å². The standard InChI is InChI=1S/C17H16ClN3O5/c1-20(2)17(23)11-3-6-13(7-4-11)19-16(22)10-26-15-8-5-12(18)9-14(15)21(24)25/h3-9H,10H2,1-2H3,(H,19,22). The van der Waals surface area contributed by atoms with E-state index in [1.165, 1.54) is 17.0 Å². The Hall–Kier alpha value is -3.13. The highest BCUT2D eigenvalue weighted by Gasteiger charge is 2.17. The zero-order valence-electron chi connectivity index (χ0n) is 14.1. The molecule has 2 aromatic carbocycles. The van der Waals surface area contributed by atoms with E-state index in [4.69, 9.17) is 16.3 Å². The quantitative estimate of drug-likeness (QED) is 0.616. The third-order valence-electron chi connectivity index (χ3n) is 3.30. The number of hydrogen-bond donors (Lipinski definition) is 1. The Morgan fingerprint density at radius 1 is 1.19 bits per heavy atom. The number of carbonyl (C=O) groups excluding carboxylic acids is 2. The molecule has 0 bridgehead atoms. The number of nitrogens with one attached hydrogen (secondary N) is 1. The minimum absolute atomic E-state index is 0.0542. The highest BCUT2D eigenvalue weighted by Crippen LogP contribution is 2.29. The first-order chi connectivity index (χ1) is 12.3. The molecule has 0 fully saturated rings. The molecule has 0 aliphatic heterocycles. The van der Waals surface area contributed by atoms with Crippen molar-refractivity contribution < 1.29 is 19.2 Å². The van der Waals surface area contributed by atoms with Crippen LogP contribution in [0.15, 0.2) is 42.5 Å². The average molecular weight is 378 g/mol. The van der Waals surface area contributed by atoms with Gasteiger partial charge in [-0.1, -0.05) is 11.6 Å². The number of anilines is 1. The first-order valence-electron chi connectivity index (χ1n) is 7.46. The van der Waals surface area contributed by atoms with E-state index in [2.05, 4.69) is 5.32 Å². The number of nitro benzene ring substituents is 1. The van der Waals surface area contributed by atoms with Gasteiger partial charge in [-0.15, -0.1) is 0 Å². The van der Waals surface area contributed by atoms with E-state index in [0.29, 0.717) is 11.3 Å². The van der Waals surface area contributed by atoms with Crippen LogP contribution in [-0.2, 0) is 4.79 Å². The summed E-state index contributed by atoms with van der Waals surface area (Å²) in [4.78, 5) is 35.5. The Labute approximate surface area is 154 Å². The van der Waals surface area contributed by atoms with Crippen LogP contribution >= 0.6 is 11.6 Å². The molecular weight excluding hydrogens is 362 g/mol. The smallest absolute Gasteiger partial charge is 0.312 e. The van der Waals surface area contributed by atoms with E-state index in [-0.39, 0.29) is 22.4 Å². The van der Waals surface area contributed by atoms with Crippen LogP contribution in [0.5, 0.6) is 5.75 Å². The number of carbonyl (C=O) groups is 2. The monoisotopic (exact) mass is 377 g/mol. The van der Waals surface area contributed by atoms with Crippen LogP contribution in [0.2, 0.25) is 5.02 Å². The van der Waals surface area contributed by atoms with Gasteiger partial charge in [0.25, 0.3) is 11.8 Å². The lowest BCUT2D eigenvalue weighted by atomic mass is 10.2. The SMILES string of the molecule is CN(C)C(=O)c1ccc(NC(=O)COc2ccc(Cl)cc2[N+](=O)[O-])cc1. The molecule has 0 aliphatic rings. The lowest BCUT2D eigenvalue weighted by Gasteiger charge is -2.11. The summed E-state index contributed by atoms with van der Waals surface area (Å²) in [5.74, 6) is -0.705. The Morgan fingerprint density at radius 3 is 2.42 bits per heavy atom. The highest BCUT2D eigenvalue weighted by atomic mass is 35.5. The molecule has 0 radical (unpaired) electrons. The first kappa shape index (κ1) is 19.2. The van der Waals surface area contributed by atoms with Crippen LogP contribution < -0.4 is 10.1 Å². The van der Waals surface area contributed by atoms with Gasteiger partial charge in [0.15, 0.2) is 12.4 Å². The topological polar surface area (TPSA) is 102 Å². The van der Waals surface area contributed by atoms with Crippen LogP contribution in [0, 0.1) is 10.1 Å². The molecule has 0 aliphatic carbocycles. The summed E-state index contributed by atoms with van der Waals surface area (Å²) >= 11 is 5.72. The van der Waals surface area contributed by atoms with Crippen molar-refractivity contribution in [3.8, 4) is 5.75 Å². The van der Waals surface area contributed by atoms with Crippen molar-refractivity contribution in [1.82, 2.24) is 4.90 Å². The normalized spacial score (nSPS) is 10.1. The summed E-state index contributed by atoms with van der Waals surface area (Å²) in [6.45, 7) is -0.416. The Bertz CT molecular complexity index is 837. The molecule has 8 nitrogen and oxygen atoms in total. The molecule has 0 heterocycles. The summed E-state index contributed by atoms with van der Waals surface area (Å²) in [6.07, 6.45) is 0. The third-order valence-corrected chi connectivity index (χ3v) is 3.53. The number of halogens is 1. The van der Waals surface area contributed by atoms with Crippen molar-refractivity contribution in [3.63, 3.8) is 0 Å². The fraction of sp³-hybridized carbons (Fsp3) is 0.176. The maximum Gasteiger partial charge on any atom is 0.312 e. The highest BCUT2D eigenvalue weighted by molar-refractivity contribution is 6.30. The lowest BCUT2D eigenvalue weighted by molar-refractivity contribution is -0.385. The van der Waals surface area contributed by atoms with Crippen molar-refractivity contribution in [2.75, 3.05) is 26.0 Å². The van der Waals surface area contributed by atoms with Gasteiger partial charge < -0.3 is 15.0 Å². The van der Waals surface area contributed by atoms with Gasteiger partial charge in [-0.2, -0.15) is 0 Å². The Morgan fingerprint density at radius 2 is 1.85 bits per heavy atom. The second-order valence-electron chi connectivity index (χ2n) is 5.48. The Balaban J connectivity index is 1.97. The van der Waals surface area contributed by atoms with Gasteiger partial charge in [-0.05, 0) is 36.4 Å². The summed E-state index contributed by atoms with van der Waals surface area (Å²) in [6, 6.07) is 10.2. The van der Waals surface area contributed by atoms with E-state index in [1.807, 2.05) is 0 Å². The summed E-state index contributed by atoms with van der Waals surface area (Å²) in [5, 5.41) is 13.8. The van der Waals surface area contributed by atoms with Crippen LogP contribution in [0.3, 0.4) is 0 Å². The molecule has 0 saturated heterocycles. The molecule has 26 heavy (non-hydrogen) atoms. The zero-order chi connectivity index (χ0) is 19.3. The predicted molar refractivity (Wildman–Crippen MR) is 96.7 cm³/mol. The number of nitro groups is 1. The Kier molecular flexibility index (Phi) is 6.13. The molecule has 1 N–H and O–H groups in total. The van der Waals surface area contributed by atoms with Crippen molar-refractivity contribution in [1.29, 1.82) is 0 Å². The molecule has 2 aromatic rings. The molecule has 0 spiro atoms. The number of benzene rings is 2. The zero-order valence-corrected chi connectivity index (χ0v) is 14.8. The fourth-order valence-corrected chi connectivity index (χ4v) is 2.22. The number of hydrogen-bond acceptors (Lipinski definition) is 5. The van der Waals surface area contributed by atoms with Crippen LogP contribution in [0.25, 0.3) is 0 Å². The number of amides is 2. The number of nitrogens with zero attached hydrogens (tertiary/aromatic N) is 2. The van der Waals surface area contributed by atoms with E-state index in [1.54, 1.807) is 38.4 Å². The largest absolute Gasteiger partial charge is 0.477 e. The van der Waals surface area contributed by atoms with E-state index in [0.717, 1.165) is 6.07 Å². The number of ether oxygens (including phenoxy) is 1. The van der Waals surface area contributed by atoms with Crippen LogP contribution in [-0.4, -0.2) is 42.3 Å². The first-order valence-corrected chi connectivity index (χ1v) is 7.84. The van der Waals surface area contributed by atoms with Crippen molar-refractivity contribution in [2.24, 2.45) is 0 Å². The van der Waals surface area contributed by atoms with E-state index < -0.39 is 17.4 Å². The maximum atomic E-state index is 12.0. The second-order valence-corrected chi connectivity index (χ2v) is 5.92. The van der Waals surface area contributed by atoms with E-state index >= 15 is 0 Å². The van der Waals surface area contributed by atoms with Crippen molar-refractivity contribution >= 4 is 34.8 Å². The third kappa shape index (κ3) is 4.93. The van der Waals surface area contributed by atoms with E-state index in [9.17, 15) is 19.7 Å². The van der Waals surface area contributed by atoms with Gasteiger partial charge in [0, 0.05) is 36.4 Å². The van der Waals surface area contributed by atoms with Crippen LogP contribution in [0.4, 0.5) is 11.4 Å². The van der Waals surface area contributed by atoms with Crippen molar-refractivity contribution in [3.05, 3.63) is 63.2 Å². The molecule has 0 atom stereocenters. The lowest BCUT2D eigenvalue weighted by Crippen LogP contribution is -2.22. The summed E-state index contributed by atoms with van der Waals surface area (Å²) < 4.78 is 5.21. The molecule has 0 aromatic heterocycles. The van der Waals surface area contributed by atoms with Gasteiger partial charge in [0.1, 0.15) is 0 Å². The molecule has 0 unspecified atom stereocenters. The van der Waals surface area contributed by atoms with Gasteiger partial charge in [-0.25, -0.2) is 0 Å². The summed E-state index contributed by atoms with van der Waals surface area (Å²) in [5.41, 5.74) is 0.636. The molecule has 9 heteroatoms. The maximum absolute atomic E-state index is 12.0. The molecule has 2 rings (SSSR count). The fourth-order valence-electron chi connectivity index (χ4n) is 2.05.